The molecular weight excluding hydrogens is 339 g/mol. The average molecular weight is 360 g/mol. The van der Waals surface area contributed by atoms with Gasteiger partial charge in [0.1, 0.15) is 5.82 Å². The summed E-state index contributed by atoms with van der Waals surface area (Å²) in [5.41, 5.74) is -0.835. The number of hydrogen-bond acceptors (Lipinski definition) is 6. The Labute approximate surface area is 140 Å². The summed E-state index contributed by atoms with van der Waals surface area (Å²) in [4.78, 5) is 11.4. The molecule has 0 saturated carbocycles. The number of hydrogen-bond donors (Lipinski definition) is 2. The predicted octanol–water partition coefficient (Wildman–Crippen LogP) is 0.659. The Balaban J connectivity index is 2.26. The van der Waals surface area contributed by atoms with Crippen molar-refractivity contribution in [1.82, 2.24) is 10.0 Å². The molecule has 0 aromatic heterocycles. The molecule has 2 rings (SSSR count). The molecule has 0 amide bonds. The smallest absolute Gasteiger partial charge is 0.339 e. The van der Waals surface area contributed by atoms with E-state index < -0.39 is 27.3 Å². The Kier molecular flexibility index (Phi) is 5.92. The highest BCUT2D eigenvalue weighted by Gasteiger charge is 2.35. The maximum absolute atomic E-state index is 13.4. The topological polar surface area (TPSA) is 93.7 Å². The minimum absolute atomic E-state index is 0.0984. The number of methoxy groups -OCH3 is 2. The third-order valence-corrected chi connectivity index (χ3v) is 5.45. The molecule has 2 N–H and O–H groups in total. The van der Waals surface area contributed by atoms with Gasteiger partial charge in [0, 0.05) is 13.7 Å². The first kappa shape index (κ1) is 18.8. The van der Waals surface area contributed by atoms with Crippen LogP contribution in [0.25, 0.3) is 0 Å². The van der Waals surface area contributed by atoms with Crippen LogP contribution < -0.4 is 10.0 Å². The van der Waals surface area contributed by atoms with Gasteiger partial charge in [-0.15, -0.1) is 0 Å². The van der Waals surface area contributed by atoms with Crippen molar-refractivity contribution in [2.45, 2.75) is 23.3 Å². The molecule has 1 atom stereocenters. The lowest BCUT2D eigenvalue weighted by Gasteiger charge is -2.29. The van der Waals surface area contributed by atoms with Crippen LogP contribution >= 0.6 is 0 Å². The molecule has 1 aliphatic heterocycles. The van der Waals surface area contributed by atoms with Crippen LogP contribution in [0.2, 0.25) is 0 Å². The zero-order valence-corrected chi connectivity index (χ0v) is 14.4. The number of rotatable bonds is 7. The van der Waals surface area contributed by atoms with E-state index >= 15 is 0 Å². The first-order valence-electron chi connectivity index (χ1n) is 7.45. The second-order valence-corrected chi connectivity index (χ2v) is 7.44. The number of nitrogens with one attached hydrogen (secondary N) is 2. The van der Waals surface area contributed by atoms with Gasteiger partial charge in [-0.25, -0.2) is 22.3 Å². The van der Waals surface area contributed by atoms with Crippen molar-refractivity contribution in [1.29, 1.82) is 0 Å². The van der Waals surface area contributed by atoms with E-state index in [1.807, 2.05) is 0 Å². The zero-order chi connectivity index (χ0) is 17.8. The van der Waals surface area contributed by atoms with E-state index in [0.717, 1.165) is 44.7 Å². The van der Waals surface area contributed by atoms with Gasteiger partial charge >= 0.3 is 5.97 Å². The molecule has 0 radical (unpaired) electrons. The predicted molar refractivity (Wildman–Crippen MR) is 84.8 cm³/mol. The largest absolute Gasteiger partial charge is 0.465 e. The highest BCUT2D eigenvalue weighted by atomic mass is 32.2. The van der Waals surface area contributed by atoms with Crippen molar-refractivity contribution in [3.8, 4) is 0 Å². The summed E-state index contributed by atoms with van der Waals surface area (Å²) in [6.45, 7) is 1.22. The summed E-state index contributed by atoms with van der Waals surface area (Å²) in [6.07, 6.45) is 1.67. The maximum atomic E-state index is 13.4. The zero-order valence-electron chi connectivity index (χ0n) is 13.6. The van der Waals surface area contributed by atoms with Gasteiger partial charge in [0.25, 0.3) is 0 Å². The lowest BCUT2D eigenvalue weighted by molar-refractivity contribution is 0.0595. The Bertz CT molecular complexity index is 702. The van der Waals surface area contributed by atoms with E-state index in [4.69, 9.17) is 4.74 Å². The summed E-state index contributed by atoms with van der Waals surface area (Å²) < 4.78 is 50.7. The van der Waals surface area contributed by atoms with Crippen molar-refractivity contribution in [3.05, 3.63) is 29.6 Å². The van der Waals surface area contributed by atoms with Gasteiger partial charge in [-0.1, -0.05) is 0 Å². The fourth-order valence-corrected chi connectivity index (χ4v) is 4.09. The molecule has 1 aliphatic rings. The van der Waals surface area contributed by atoms with Gasteiger partial charge in [0.2, 0.25) is 10.0 Å². The SMILES string of the molecule is COCC1(CNS(=O)(=O)c2ccc(F)cc2C(=O)OC)CCCN1. The lowest BCUT2D eigenvalue weighted by atomic mass is 9.99. The minimum atomic E-state index is -4.02. The summed E-state index contributed by atoms with van der Waals surface area (Å²) in [7, 11) is -1.37. The normalized spacial score (nSPS) is 21.0. The van der Waals surface area contributed by atoms with Crippen LogP contribution in [0.1, 0.15) is 23.2 Å². The van der Waals surface area contributed by atoms with Crippen LogP contribution in [0.3, 0.4) is 0 Å². The van der Waals surface area contributed by atoms with E-state index in [1.165, 1.54) is 0 Å². The third-order valence-electron chi connectivity index (χ3n) is 3.99. The summed E-state index contributed by atoms with van der Waals surface area (Å²) in [6, 6.07) is 2.88. The highest BCUT2D eigenvalue weighted by Crippen LogP contribution is 2.22. The van der Waals surface area contributed by atoms with Crippen molar-refractivity contribution in [2.24, 2.45) is 0 Å². The monoisotopic (exact) mass is 360 g/mol. The summed E-state index contributed by atoms with van der Waals surface area (Å²) >= 11 is 0. The Morgan fingerprint density at radius 3 is 2.75 bits per heavy atom. The van der Waals surface area contributed by atoms with Gasteiger partial charge in [-0.3, -0.25) is 0 Å². The fraction of sp³-hybridized carbons (Fsp3) is 0.533. The Morgan fingerprint density at radius 2 is 2.17 bits per heavy atom. The molecule has 0 aliphatic carbocycles. The number of carbonyl (C=O) groups is 1. The van der Waals surface area contributed by atoms with Crippen LogP contribution in [0.5, 0.6) is 0 Å². The van der Waals surface area contributed by atoms with Crippen LogP contribution in [0.15, 0.2) is 23.1 Å². The van der Waals surface area contributed by atoms with E-state index in [0.29, 0.717) is 6.61 Å². The van der Waals surface area contributed by atoms with Crippen LogP contribution in [-0.2, 0) is 19.5 Å². The van der Waals surface area contributed by atoms with Gasteiger partial charge in [0.15, 0.2) is 0 Å². The fourth-order valence-electron chi connectivity index (χ4n) is 2.79. The summed E-state index contributed by atoms with van der Waals surface area (Å²) in [5.74, 6) is -1.64. The second kappa shape index (κ2) is 7.56. The molecule has 134 valence electrons. The molecule has 24 heavy (non-hydrogen) atoms. The van der Waals surface area contributed by atoms with Crippen LogP contribution in [-0.4, -0.2) is 53.8 Å². The van der Waals surface area contributed by atoms with Gasteiger partial charge in [-0.05, 0) is 37.6 Å². The lowest BCUT2D eigenvalue weighted by Crippen LogP contribution is -2.53. The van der Waals surface area contributed by atoms with Crippen molar-refractivity contribution < 1.29 is 27.1 Å². The van der Waals surface area contributed by atoms with Gasteiger partial charge in [0.05, 0.1) is 29.7 Å². The average Bonchev–Trinajstić information content (AvgIpc) is 3.01. The molecule has 1 fully saturated rings. The number of benzene rings is 1. The summed E-state index contributed by atoms with van der Waals surface area (Å²) in [5, 5.41) is 3.25. The molecule has 9 heteroatoms. The molecule has 1 heterocycles. The van der Waals surface area contributed by atoms with E-state index in [2.05, 4.69) is 14.8 Å². The molecular formula is C15H21FN2O5S. The van der Waals surface area contributed by atoms with Gasteiger partial charge in [-0.2, -0.15) is 0 Å². The number of carbonyl (C=O) groups excluding carboxylic acids is 1. The van der Waals surface area contributed by atoms with Crippen molar-refractivity contribution >= 4 is 16.0 Å². The van der Waals surface area contributed by atoms with Crippen LogP contribution in [0, 0.1) is 5.82 Å². The van der Waals surface area contributed by atoms with E-state index in [-0.39, 0.29) is 17.0 Å². The van der Waals surface area contributed by atoms with Crippen molar-refractivity contribution in [3.63, 3.8) is 0 Å². The van der Waals surface area contributed by atoms with Gasteiger partial charge < -0.3 is 14.8 Å². The number of halogens is 1. The first-order valence-corrected chi connectivity index (χ1v) is 8.93. The quantitative estimate of drug-likeness (QED) is 0.694. The number of sulfonamides is 1. The molecule has 1 saturated heterocycles. The molecule has 0 bridgehead atoms. The molecule has 0 spiro atoms. The standard InChI is InChI=1S/C15H21FN2O5S/c1-22-10-15(6-3-7-17-15)9-18-24(20,21)13-5-4-11(16)8-12(13)14(19)23-2/h4-5,8,17-18H,3,6-7,9-10H2,1-2H3. The second-order valence-electron chi connectivity index (χ2n) is 5.70. The van der Waals surface area contributed by atoms with Crippen molar-refractivity contribution in [2.75, 3.05) is 33.9 Å². The third kappa shape index (κ3) is 4.10. The first-order chi connectivity index (χ1) is 11.3. The molecule has 1 aromatic carbocycles. The van der Waals surface area contributed by atoms with E-state index in [1.54, 1.807) is 7.11 Å². The molecule has 7 nitrogen and oxygen atoms in total. The number of esters is 1. The van der Waals surface area contributed by atoms with E-state index in [9.17, 15) is 17.6 Å². The molecule has 1 unspecified atom stereocenters. The number of ether oxygens (including phenoxy) is 2. The Morgan fingerprint density at radius 1 is 1.42 bits per heavy atom. The Hall–Kier alpha value is -1.55. The molecule has 1 aromatic rings. The highest BCUT2D eigenvalue weighted by molar-refractivity contribution is 7.89. The minimum Gasteiger partial charge on any atom is -0.465 e. The van der Waals surface area contributed by atoms with Crippen LogP contribution in [0.4, 0.5) is 4.39 Å². The maximum Gasteiger partial charge on any atom is 0.339 e.